The molecule has 2 fully saturated rings. The highest BCUT2D eigenvalue weighted by atomic mass is 16.3. The number of carbonyl (C=O) groups excluding carboxylic acids is 2. The molecule has 0 bridgehead atoms. The number of hydrogen-bond acceptors (Lipinski definition) is 6. The summed E-state index contributed by atoms with van der Waals surface area (Å²) in [6, 6.07) is 4.46. The van der Waals surface area contributed by atoms with E-state index < -0.39 is 11.7 Å². The summed E-state index contributed by atoms with van der Waals surface area (Å²) in [5.41, 5.74) is 0.593. The lowest BCUT2D eigenvalue weighted by Gasteiger charge is -2.35. The molecule has 1 saturated heterocycles. The van der Waals surface area contributed by atoms with Crippen LogP contribution in [0.5, 0.6) is 0 Å². The van der Waals surface area contributed by atoms with Crippen molar-refractivity contribution in [2.45, 2.75) is 37.6 Å². The standard InChI is InChI=1S/C18H20N4O4/c23-15-10-13(20-18(21-15)22-5-1-2-6-22)11-8-12(9-11)19-17(25)16(24)14-4-3-7-26-14/h3-4,7,10-12H,1-2,5-6,8-9H2,(H,19,25)(H,20,21,23). The third kappa shape index (κ3) is 3.26. The number of anilines is 1. The van der Waals surface area contributed by atoms with E-state index in [0.717, 1.165) is 31.6 Å². The normalized spacial score (nSPS) is 22.1. The van der Waals surface area contributed by atoms with Gasteiger partial charge in [0.05, 0.1) is 12.0 Å². The predicted octanol–water partition coefficient (Wildman–Crippen LogP) is 1.21. The van der Waals surface area contributed by atoms with Gasteiger partial charge in [-0.25, -0.2) is 4.98 Å². The number of amides is 1. The van der Waals surface area contributed by atoms with Gasteiger partial charge in [-0.1, -0.05) is 0 Å². The zero-order valence-corrected chi connectivity index (χ0v) is 14.2. The van der Waals surface area contributed by atoms with Crippen molar-refractivity contribution < 1.29 is 14.0 Å². The van der Waals surface area contributed by atoms with E-state index in [0.29, 0.717) is 18.8 Å². The second kappa shape index (κ2) is 6.78. The number of nitrogens with one attached hydrogen (secondary N) is 2. The number of Topliss-reactive ketones (excluding diaryl/α,β-unsaturated/α-hetero) is 1. The van der Waals surface area contributed by atoms with E-state index >= 15 is 0 Å². The maximum atomic E-state index is 12.0. The van der Waals surface area contributed by atoms with E-state index in [4.69, 9.17) is 4.42 Å². The van der Waals surface area contributed by atoms with Crippen LogP contribution < -0.4 is 15.8 Å². The Morgan fingerprint density at radius 1 is 1.27 bits per heavy atom. The number of carbonyl (C=O) groups is 2. The molecule has 1 aliphatic carbocycles. The summed E-state index contributed by atoms with van der Waals surface area (Å²) < 4.78 is 4.95. The molecule has 0 unspecified atom stereocenters. The van der Waals surface area contributed by atoms with Crippen molar-refractivity contribution in [2.75, 3.05) is 18.0 Å². The Hall–Kier alpha value is -2.90. The molecule has 1 saturated carbocycles. The first-order valence-corrected chi connectivity index (χ1v) is 8.85. The molecule has 0 radical (unpaired) electrons. The third-order valence-corrected chi connectivity index (χ3v) is 5.00. The lowest BCUT2D eigenvalue weighted by Crippen LogP contribution is -2.46. The van der Waals surface area contributed by atoms with Crippen molar-refractivity contribution in [3.8, 4) is 0 Å². The second-order valence-electron chi connectivity index (χ2n) is 6.83. The topological polar surface area (TPSA) is 108 Å². The maximum absolute atomic E-state index is 12.0. The van der Waals surface area contributed by atoms with Gasteiger partial charge in [0.1, 0.15) is 0 Å². The first-order valence-electron chi connectivity index (χ1n) is 8.85. The highest BCUT2D eigenvalue weighted by Crippen LogP contribution is 2.36. The summed E-state index contributed by atoms with van der Waals surface area (Å²) >= 11 is 0. The Morgan fingerprint density at radius 3 is 2.73 bits per heavy atom. The minimum atomic E-state index is -0.677. The Bertz CT molecular complexity index is 862. The molecule has 1 aliphatic heterocycles. The number of rotatable bonds is 5. The molecule has 8 heteroatoms. The molecule has 0 atom stereocenters. The van der Waals surface area contributed by atoms with E-state index in [1.54, 1.807) is 6.07 Å². The summed E-state index contributed by atoms with van der Waals surface area (Å²) in [7, 11) is 0. The maximum Gasteiger partial charge on any atom is 0.295 e. The molecular weight excluding hydrogens is 336 g/mol. The summed E-state index contributed by atoms with van der Waals surface area (Å²) in [6.45, 7) is 1.81. The monoisotopic (exact) mass is 356 g/mol. The van der Waals surface area contributed by atoms with Crippen LogP contribution >= 0.6 is 0 Å². The lowest BCUT2D eigenvalue weighted by molar-refractivity contribution is -0.118. The molecule has 2 N–H and O–H groups in total. The van der Waals surface area contributed by atoms with Crippen LogP contribution in [0, 0.1) is 0 Å². The average Bonchev–Trinajstić information content (AvgIpc) is 3.29. The lowest BCUT2D eigenvalue weighted by atomic mass is 9.78. The van der Waals surface area contributed by atoms with Gasteiger partial charge in [0.15, 0.2) is 5.76 Å². The fraction of sp³-hybridized carbons (Fsp3) is 0.444. The molecule has 8 nitrogen and oxygen atoms in total. The van der Waals surface area contributed by atoms with E-state index in [1.807, 2.05) is 0 Å². The molecule has 2 aromatic rings. The third-order valence-electron chi connectivity index (χ3n) is 5.00. The summed E-state index contributed by atoms with van der Waals surface area (Å²) in [6.07, 6.45) is 4.89. The van der Waals surface area contributed by atoms with Gasteiger partial charge in [-0.2, -0.15) is 0 Å². The first-order chi connectivity index (χ1) is 12.6. The van der Waals surface area contributed by atoms with E-state index in [2.05, 4.69) is 20.2 Å². The van der Waals surface area contributed by atoms with E-state index in [-0.39, 0.29) is 23.3 Å². The van der Waals surface area contributed by atoms with Crippen LogP contribution in [0.2, 0.25) is 0 Å². The summed E-state index contributed by atoms with van der Waals surface area (Å²) in [5.74, 6) is -0.567. The van der Waals surface area contributed by atoms with Crippen molar-refractivity contribution in [3.63, 3.8) is 0 Å². The van der Waals surface area contributed by atoms with Crippen molar-refractivity contribution in [2.24, 2.45) is 0 Å². The van der Waals surface area contributed by atoms with Crippen LogP contribution in [0.15, 0.2) is 33.7 Å². The van der Waals surface area contributed by atoms with Gasteiger partial charge in [0, 0.05) is 31.1 Å². The van der Waals surface area contributed by atoms with Gasteiger partial charge in [-0.15, -0.1) is 0 Å². The molecule has 1 amide bonds. The Labute approximate surface area is 149 Å². The molecule has 2 aromatic heterocycles. The number of aromatic amines is 1. The Morgan fingerprint density at radius 2 is 2.04 bits per heavy atom. The number of furan rings is 1. The number of nitrogens with zero attached hydrogens (tertiary/aromatic N) is 2. The van der Waals surface area contributed by atoms with Crippen LogP contribution in [0.1, 0.15) is 47.8 Å². The molecule has 136 valence electrons. The molecule has 3 heterocycles. The highest BCUT2D eigenvalue weighted by molar-refractivity contribution is 6.42. The van der Waals surface area contributed by atoms with Crippen LogP contribution in [-0.4, -0.2) is 40.8 Å². The summed E-state index contributed by atoms with van der Waals surface area (Å²) in [4.78, 5) is 45.3. The van der Waals surface area contributed by atoms with Crippen molar-refractivity contribution in [3.05, 3.63) is 46.3 Å². The van der Waals surface area contributed by atoms with Crippen molar-refractivity contribution in [1.29, 1.82) is 0 Å². The smallest absolute Gasteiger partial charge is 0.295 e. The predicted molar refractivity (Wildman–Crippen MR) is 93.2 cm³/mol. The fourth-order valence-electron chi connectivity index (χ4n) is 3.50. The van der Waals surface area contributed by atoms with E-state index in [9.17, 15) is 14.4 Å². The van der Waals surface area contributed by atoms with Gasteiger partial charge >= 0.3 is 0 Å². The van der Waals surface area contributed by atoms with Crippen LogP contribution in [0.3, 0.4) is 0 Å². The van der Waals surface area contributed by atoms with Gasteiger partial charge in [-0.05, 0) is 37.8 Å². The second-order valence-corrected chi connectivity index (χ2v) is 6.83. The minimum absolute atomic E-state index is 0.0323. The molecule has 0 spiro atoms. The highest BCUT2D eigenvalue weighted by Gasteiger charge is 2.34. The van der Waals surface area contributed by atoms with Gasteiger partial charge < -0.3 is 14.6 Å². The number of aromatic nitrogens is 2. The molecule has 4 rings (SSSR count). The first kappa shape index (κ1) is 16.6. The van der Waals surface area contributed by atoms with Crippen LogP contribution in [-0.2, 0) is 4.79 Å². The molecular formula is C18H20N4O4. The zero-order valence-electron chi connectivity index (χ0n) is 14.2. The van der Waals surface area contributed by atoms with Gasteiger partial charge in [-0.3, -0.25) is 19.4 Å². The number of H-pyrrole nitrogens is 1. The average molecular weight is 356 g/mol. The Balaban J connectivity index is 1.36. The van der Waals surface area contributed by atoms with Crippen molar-refractivity contribution >= 4 is 17.6 Å². The van der Waals surface area contributed by atoms with Crippen LogP contribution in [0.4, 0.5) is 5.95 Å². The Kier molecular flexibility index (Phi) is 4.32. The number of hydrogen-bond donors (Lipinski definition) is 2. The minimum Gasteiger partial charge on any atom is -0.461 e. The summed E-state index contributed by atoms with van der Waals surface area (Å²) in [5, 5.41) is 2.72. The molecule has 0 aromatic carbocycles. The van der Waals surface area contributed by atoms with Gasteiger partial charge in [0.2, 0.25) is 5.95 Å². The van der Waals surface area contributed by atoms with Crippen LogP contribution in [0.25, 0.3) is 0 Å². The van der Waals surface area contributed by atoms with Gasteiger partial charge in [0.25, 0.3) is 17.2 Å². The van der Waals surface area contributed by atoms with E-state index in [1.165, 1.54) is 18.4 Å². The quantitative estimate of drug-likeness (QED) is 0.616. The molecule has 2 aliphatic rings. The number of ketones is 1. The molecule has 26 heavy (non-hydrogen) atoms. The SMILES string of the molecule is O=C(NC1CC(c2cc(=O)[nH]c(N3CCCC3)n2)C1)C(=O)c1ccco1. The fourth-order valence-corrected chi connectivity index (χ4v) is 3.50. The largest absolute Gasteiger partial charge is 0.461 e. The van der Waals surface area contributed by atoms with Crippen molar-refractivity contribution in [1.82, 2.24) is 15.3 Å². The zero-order chi connectivity index (χ0) is 18.1.